The third-order valence-corrected chi connectivity index (χ3v) is 3.81. The molecule has 0 heterocycles. The average molecular weight is 293 g/mol. The van der Waals surface area contributed by atoms with Crippen LogP contribution in [0.3, 0.4) is 0 Å². The standard InChI is InChI=1S/C16H21ClN2O/c1-11-7-14(10-16(2,3)9-11)18-19-15(20)12-5-4-6-13(17)8-12/h4-6,8,11H,7,9-10H2,1-3H3,(H,19,20)/b18-14-/t11-/m0/s1. The van der Waals surface area contributed by atoms with E-state index >= 15 is 0 Å². The molecule has 0 spiro atoms. The van der Waals surface area contributed by atoms with Crippen molar-refractivity contribution in [1.29, 1.82) is 0 Å². The monoisotopic (exact) mass is 292 g/mol. The number of carbonyl (C=O) groups is 1. The fourth-order valence-electron chi connectivity index (χ4n) is 3.02. The molecule has 1 aliphatic rings. The summed E-state index contributed by atoms with van der Waals surface area (Å²) in [7, 11) is 0. The summed E-state index contributed by atoms with van der Waals surface area (Å²) >= 11 is 5.88. The van der Waals surface area contributed by atoms with Crippen molar-refractivity contribution in [2.24, 2.45) is 16.4 Å². The molecule has 1 aliphatic carbocycles. The molecule has 20 heavy (non-hydrogen) atoms. The van der Waals surface area contributed by atoms with Crippen LogP contribution in [-0.2, 0) is 0 Å². The largest absolute Gasteiger partial charge is 0.271 e. The van der Waals surface area contributed by atoms with Crippen molar-refractivity contribution in [3.63, 3.8) is 0 Å². The first-order valence-corrected chi connectivity index (χ1v) is 7.35. The van der Waals surface area contributed by atoms with Gasteiger partial charge in [0.1, 0.15) is 0 Å². The van der Waals surface area contributed by atoms with E-state index < -0.39 is 0 Å². The first-order chi connectivity index (χ1) is 9.35. The summed E-state index contributed by atoms with van der Waals surface area (Å²) in [5.41, 5.74) is 4.51. The molecule has 1 atom stereocenters. The molecule has 1 fully saturated rings. The Hall–Kier alpha value is -1.35. The predicted molar refractivity (Wildman–Crippen MR) is 83.1 cm³/mol. The zero-order valence-corrected chi connectivity index (χ0v) is 13.0. The Kier molecular flexibility index (Phi) is 4.48. The van der Waals surface area contributed by atoms with Gasteiger partial charge in [-0.1, -0.05) is 38.4 Å². The highest BCUT2D eigenvalue weighted by Gasteiger charge is 2.29. The van der Waals surface area contributed by atoms with E-state index in [1.165, 1.54) is 6.42 Å². The van der Waals surface area contributed by atoms with Gasteiger partial charge < -0.3 is 0 Å². The van der Waals surface area contributed by atoms with Gasteiger partial charge in [-0.2, -0.15) is 5.10 Å². The van der Waals surface area contributed by atoms with Crippen LogP contribution in [0.2, 0.25) is 5.02 Å². The summed E-state index contributed by atoms with van der Waals surface area (Å²) in [5, 5.41) is 4.86. The fourth-order valence-corrected chi connectivity index (χ4v) is 3.21. The van der Waals surface area contributed by atoms with Gasteiger partial charge in [0, 0.05) is 16.3 Å². The lowest BCUT2D eigenvalue weighted by Crippen LogP contribution is -2.30. The highest BCUT2D eigenvalue weighted by molar-refractivity contribution is 6.30. The molecule has 2 rings (SSSR count). The van der Waals surface area contributed by atoms with E-state index in [2.05, 4.69) is 31.3 Å². The normalized spacial score (nSPS) is 23.6. The lowest BCUT2D eigenvalue weighted by molar-refractivity contribution is 0.0954. The lowest BCUT2D eigenvalue weighted by atomic mass is 9.72. The molecule has 0 unspecified atom stereocenters. The first-order valence-electron chi connectivity index (χ1n) is 6.97. The number of rotatable bonds is 2. The molecule has 0 aliphatic heterocycles. The highest BCUT2D eigenvalue weighted by Crippen LogP contribution is 2.36. The number of amides is 1. The Labute approximate surface area is 125 Å². The van der Waals surface area contributed by atoms with E-state index in [9.17, 15) is 4.79 Å². The van der Waals surface area contributed by atoms with Crippen molar-refractivity contribution in [3.05, 3.63) is 34.9 Å². The molecule has 3 nitrogen and oxygen atoms in total. The van der Waals surface area contributed by atoms with Gasteiger partial charge in [-0.05, 0) is 48.8 Å². The van der Waals surface area contributed by atoms with Crippen LogP contribution >= 0.6 is 11.6 Å². The van der Waals surface area contributed by atoms with Crippen molar-refractivity contribution in [1.82, 2.24) is 5.43 Å². The Bertz CT molecular complexity index is 537. The van der Waals surface area contributed by atoms with Crippen LogP contribution in [0, 0.1) is 11.3 Å². The van der Waals surface area contributed by atoms with Crippen molar-refractivity contribution in [3.8, 4) is 0 Å². The number of nitrogens with one attached hydrogen (secondary N) is 1. The minimum atomic E-state index is -0.212. The third-order valence-electron chi connectivity index (χ3n) is 3.57. The predicted octanol–water partition coefficient (Wildman–Crippen LogP) is 4.27. The Balaban J connectivity index is 2.03. The van der Waals surface area contributed by atoms with Gasteiger partial charge >= 0.3 is 0 Å². The SMILES string of the molecule is C[C@H]1C/C(=N/NC(=O)c2cccc(Cl)c2)CC(C)(C)C1. The van der Waals surface area contributed by atoms with E-state index in [0.717, 1.165) is 18.6 Å². The van der Waals surface area contributed by atoms with Crippen LogP contribution in [0.4, 0.5) is 0 Å². The maximum atomic E-state index is 12.0. The number of hydrogen-bond acceptors (Lipinski definition) is 2. The number of halogens is 1. The van der Waals surface area contributed by atoms with E-state index in [0.29, 0.717) is 16.5 Å². The van der Waals surface area contributed by atoms with Gasteiger partial charge in [0.2, 0.25) is 0 Å². The zero-order valence-electron chi connectivity index (χ0n) is 12.2. The quantitative estimate of drug-likeness (QED) is 0.813. The molecular weight excluding hydrogens is 272 g/mol. The van der Waals surface area contributed by atoms with Crippen molar-refractivity contribution in [2.45, 2.75) is 40.0 Å². The van der Waals surface area contributed by atoms with Crippen molar-refractivity contribution < 1.29 is 4.79 Å². The van der Waals surface area contributed by atoms with Crippen LogP contribution in [0.1, 0.15) is 50.4 Å². The number of hydrazone groups is 1. The molecule has 0 saturated heterocycles. The number of nitrogens with zero attached hydrogens (tertiary/aromatic N) is 1. The summed E-state index contributed by atoms with van der Waals surface area (Å²) in [5.74, 6) is 0.400. The molecule has 1 aromatic rings. The maximum absolute atomic E-state index is 12.0. The molecule has 1 saturated carbocycles. The van der Waals surface area contributed by atoms with Crippen molar-refractivity contribution >= 4 is 23.2 Å². The van der Waals surface area contributed by atoms with E-state index in [1.54, 1.807) is 24.3 Å². The second-order valence-corrected chi connectivity index (χ2v) is 6.92. The van der Waals surface area contributed by atoms with Crippen LogP contribution in [-0.4, -0.2) is 11.6 Å². The third kappa shape index (κ3) is 4.07. The summed E-state index contributed by atoms with van der Waals surface area (Å²) in [6.45, 7) is 6.73. The minimum Gasteiger partial charge on any atom is -0.267 e. The smallest absolute Gasteiger partial charge is 0.267 e. The number of hydrogen-bond donors (Lipinski definition) is 1. The van der Waals surface area contributed by atoms with Gasteiger partial charge in [0.15, 0.2) is 0 Å². The van der Waals surface area contributed by atoms with E-state index in [1.807, 2.05) is 0 Å². The average Bonchev–Trinajstić information content (AvgIpc) is 2.33. The highest BCUT2D eigenvalue weighted by atomic mass is 35.5. The molecule has 0 aromatic heterocycles. The summed E-state index contributed by atoms with van der Waals surface area (Å²) < 4.78 is 0. The summed E-state index contributed by atoms with van der Waals surface area (Å²) in [6.07, 6.45) is 3.10. The van der Waals surface area contributed by atoms with Crippen LogP contribution in [0.15, 0.2) is 29.4 Å². The van der Waals surface area contributed by atoms with Gasteiger partial charge in [-0.25, -0.2) is 5.43 Å². The molecular formula is C16H21ClN2O. The molecule has 1 amide bonds. The van der Waals surface area contributed by atoms with Gasteiger partial charge in [0.25, 0.3) is 5.91 Å². The molecule has 0 bridgehead atoms. The van der Waals surface area contributed by atoms with Crippen LogP contribution in [0.5, 0.6) is 0 Å². The molecule has 1 N–H and O–H groups in total. The van der Waals surface area contributed by atoms with Gasteiger partial charge in [0.05, 0.1) is 0 Å². The molecule has 1 aromatic carbocycles. The Morgan fingerprint density at radius 2 is 2.20 bits per heavy atom. The fraction of sp³-hybridized carbons (Fsp3) is 0.500. The van der Waals surface area contributed by atoms with Gasteiger partial charge in [-0.15, -0.1) is 0 Å². The Morgan fingerprint density at radius 3 is 2.85 bits per heavy atom. The zero-order chi connectivity index (χ0) is 14.8. The molecule has 108 valence electrons. The Morgan fingerprint density at radius 1 is 1.45 bits per heavy atom. The summed E-state index contributed by atoms with van der Waals surface area (Å²) in [6, 6.07) is 6.88. The van der Waals surface area contributed by atoms with E-state index in [4.69, 9.17) is 11.6 Å². The molecule has 0 radical (unpaired) electrons. The number of benzene rings is 1. The minimum absolute atomic E-state index is 0.212. The first kappa shape index (κ1) is 15.0. The maximum Gasteiger partial charge on any atom is 0.271 e. The second-order valence-electron chi connectivity index (χ2n) is 6.48. The number of carbonyl (C=O) groups excluding carboxylic acids is 1. The van der Waals surface area contributed by atoms with Crippen LogP contribution in [0.25, 0.3) is 0 Å². The van der Waals surface area contributed by atoms with Gasteiger partial charge in [-0.3, -0.25) is 4.79 Å². The lowest BCUT2D eigenvalue weighted by Gasteiger charge is -2.34. The second kappa shape index (κ2) is 5.96. The van der Waals surface area contributed by atoms with Crippen molar-refractivity contribution in [2.75, 3.05) is 0 Å². The van der Waals surface area contributed by atoms with Crippen LogP contribution < -0.4 is 5.43 Å². The van der Waals surface area contributed by atoms with E-state index in [-0.39, 0.29) is 11.3 Å². The molecule has 4 heteroatoms. The topological polar surface area (TPSA) is 41.5 Å². The summed E-state index contributed by atoms with van der Waals surface area (Å²) in [4.78, 5) is 12.0.